The molecule has 0 saturated heterocycles. The molecule has 18 heavy (non-hydrogen) atoms. The summed E-state index contributed by atoms with van der Waals surface area (Å²) in [6.07, 6.45) is 2.38. The number of para-hydroxylation sites is 1. The molecule has 0 aromatic heterocycles. The minimum atomic E-state index is 0.194. The van der Waals surface area contributed by atoms with E-state index in [1.807, 2.05) is 18.2 Å². The fourth-order valence-electron chi connectivity index (χ4n) is 2.21. The number of ether oxygens (including phenoxy) is 1. The van der Waals surface area contributed by atoms with Crippen molar-refractivity contribution >= 4 is 5.78 Å². The molecule has 0 fully saturated rings. The monoisotopic (exact) mass is 247 g/mol. The minimum absolute atomic E-state index is 0.194. The molecule has 0 spiro atoms. The van der Waals surface area contributed by atoms with Crippen LogP contribution in [0.15, 0.2) is 18.2 Å². The van der Waals surface area contributed by atoms with Crippen molar-refractivity contribution < 1.29 is 9.53 Å². The summed E-state index contributed by atoms with van der Waals surface area (Å²) < 4.78 is 5.56. The Labute approximate surface area is 109 Å². The molecule has 1 aromatic carbocycles. The van der Waals surface area contributed by atoms with Crippen LogP contribution in [0.1, 0.15) is 42.6 Å². The lowest BCUT2D eigenvalue weighted by Gasteiger charge is -2.09. The smallest absolute Gasteiger partial charge is 0.166 e. The van der Waals surface area contributed by atoms with Crippen molar-refractivity contribution in [1.82, 2.24) is 5.32 Å². The third kappa shape index (κ3) is 3.10. The molecule has 98 valence electrons. The molecule has 0 bridgehead atoms. The number of hydrogen-bond donors (Lipinski definition) is 1. The lowest BCUT2D eigenvalue weighted by molar-refractivity contribution is 0.0976. The van der Waals surface area contributed by atoms with Crippen molar-refractivity contribution in [2.24, 2.45) is 0 Å². The first-order valence-corrected chi connectivity index (χ1v) is 6.69. The summed E-state index contributed by atoms with van der Waals surface area (Å²) in [4.78, 5) is 12.1. The second-order valence-corrected chi connectivity index (χ2v) is 5.03. The number of carbonyl (C=O) groups excluding carboxylic acids is 1. The van der Waals surface area contributed by atoms with Crippen LogP contribution in [0.25, 0.3) is 0 Å². The normalized spacial score (nSPS) is 13.5. The molecule has 0 amide bonds. The van der Waals surface area contributed by atoms with Crippen LogP contribution in [-0.2, 0) is 6.42 Å². The fourth-order valence-corrected chi connectivity index (χ4v) is 2.21. The molecule has 2 rings (SSSR count). The first kappa shape index (κ1) is 13.1. The summed E-state index contributed by atoms with van der Waals surface area (Å²) in [5, 5.41) is 3.32. The zero-order valence-electron chi connectivity index (χ0n) is 11.2. The molecule has 0 unspecified atom stereocenters. The van der Waals surface area contributed by atoms with Gasteiger partial charge in [0.2, 0.25) is 0 Å². The molecule has 1 heterocycles. The van der Waals surface area contributed by atoms with Crippen molar-refractivity contribution in [3.63, 3.8) is 0 Å². The molecular weight excluding hydrogens is 226 g/mol. The quantitative estimate of drug-likeness (QED) is 0.620. The van der Waals surface area contributed by atoms with E-state index in [9.17, 15) is 4.79 Å². The molecule has 3 nitrogen and oxygen atoms in total. The van der Waals surface area contributed by atoms with Crippen LogP contribution in [0.4, 0.5) is 0 Å². The maximum absolute atomic E-state index is 12.1. The maximum Gasteiger partial charge on any atom is 0.166 e. The second-order valence-electron chi connectivity index (χ2n) is 5.03. The third-order valence-corrected chi connectivity index (χ3v) is 3.15. The van der Waals surface area contributed by atoms with E-state index in [0.29, 0.717) is 19.1 Å². The van der Waals surface area contributed by atoms with E-state index in [1.54, 1.807) is 0 Å². The number of carbonyl (C=O) groups is 1. The van der Waals surface area contributed by atoms with E-state index in [2.05, 4.69) is 19.2 Å². The highest BCUT2D eigenvalue weighted by Crippen LogP contribution is 2.30. The van der Waals surface area contributed by atoms with E-state index in [0.717, 1.165) is 30.7 Å². The van der Waals surface area contributed by atoms with E-state index >= 15 is 0 Å². The zero-order valence-corrected chi connectivity index (χ0v) is 11.2. The zero-order chi connectivity index (χ0) is 13.0. The van der Waals surface area contributed by atoms with Gasteiger partial charge in [-0.1, -0.05) is 26.0 Å². The number of fused-ring (bicyclic) bond motifs is 1. The van der Waals surface area contributed by atoms with Crippen molar-refractivity contribution in [2.75, 3.05) is 13.2 Å². The summed E-state index contributed by atoms with van der Waals surface area (Å²) >= 11 is 0. The molecule has 0 aliphatic carbocycles. The predicted molar refractivity (Wildman–Crippen MR) is 72.3 cm³/mol. The standard InChI is InChI=1S/C15H21NO2/c1-11(2)16-9-4-7-14(17)13-6-3-5-12-8-10-18-15(12)13/h3,5-6,11,16H,4,7-10H2,1-2H3. The van der Waals surface area contributed by atoms with Crippen molar-refractivity contribution in [2.45, 2.75) is 39.2 Å². The summed E-state index contributed by atoms with van der Waals surface area (Å²) in [6.45, 7) is 5.81. The van der Waals surface area contributed by atoms with E-state index in [4.69, 9.17) is 4.74 Å². The van der Waals surface area contributed by atoms with Crippen molar-refractivity contribution in [1.29, 1.82) is 0 Å². The van der Waals surface area contributed by atoms with Crippen molar-refractivity contribution in [3.8, 4) is 5.75 Å². The predicted octanol–water partition coefficient (Wildman–Crippen LogP) is 2.58. The summed E-state index contributed by atoms with van der Waals surface area (Å²) in [5.74, 6) is 1.01. The Kier molecular flexibility index (Phi) is 4.37. The largest absolute Gasteiger partial charge is 0.492 e. The van der Waals surface area contributed by atoms with E-state index in [-0.39, 0.29) is 5.78 Å². The highest BCUT2D eigenvalue weighted by Gasteiger charge is 2.19. The Bertz CT molecular complexity index is 427. The average Bonchev–Trinajstić information content (AvgIpc) is 2.82. The second kappa shape index (κ2) is 6.01. The summed E-state index contributed by atoms with van der Waals surface area (Å²) in [5.41, 5.74) is 1.93. The fraction of sp³-hybridized carbons (Fsp3) is 0.533. The Balaban J connectivity index is 1.91. The van der Waals surface area contributed by atoms with Gasteiger partial charge in [-0.3, -0.25) is 4.79 Å². The van der Waals surface area contributed by atoms with Gasteiger partial charge in [0.25, 0.3) is 0 Å². The van der Waals surface area contributed by atoms with Gasteiger partial charge in [-0.15, -0.1) is 0 Å². The maximum atomic E-state index is 12.1. The first-order valence-electron chi connectivity index (χ1n) is 6.69. The van der Waals surface area contributed by atoms with Gasteiger partial charge in [-0.2, -0.15) is 0 Å². The van der Waals surface area contributed by atoms with Crippen LogP contribution in [0, 0.1) is 0 Å². The minimum Gasteiger partial charge on any atom is -0.492 e. The van der Waals surface area contributed by atoms with Gasteiger partial charge in [-0.25, -0.2) is 0 Å². The highest BCUT2D eigenvalue weighted by molar-refractivity contribution is 5.99. The summed E-state index contributed by atoms with van der Waals surface area (Å²) in [6, 6.07) is 6.35. The molecule has 0 atom stereocenters. The van der Waals surface area contributed by atoms with Gasteiger partial charge in [-0.05, 0) is 24.6 Å². The van der Waals surface area contributed by atoms with Crippen molar-refractivity contribution in [3.05, 3.63) is 29.3 Å². The molecule has 0 radical (unpaired) electrons. The van der Waals surface area contributed by atoms with Crippen LogP contribution in [0.2, 0.25) is 0 Å². The Morgan fingerprint density at radius 1 is 1.44 bits per heavy atom. The lowest BCUT2D eigenvalue weighted by Crippen LogP contribution is -2.24. The van der Waals surface area contributed by atoms with Crippen LogP contribution < -0.4 is 10.1 Å². The van der Waals surface area contributed by atoms with Gasteiger partial charge in [0.1, 0.15) is 5.75 Å². The Morgan fingerprint density at radius 2 is 2.28 bits per heavy atom. The van der Waals surface area contributed by atoms with Gasteiger partial charge in [0.15, 0.2) is 5.78 Å². The molecule has 1 aliphatic rings. The van der Waals surface area contributed by atoms with Crippen LogP contribution in [0.3, 0.4) is 0 Å². The van der Waals surface area contributed by atoms with Gasteiger partial charge >= 0.3 is 0 Å². The highest BCUT2D eigenvalue weighted by atomic mass is 16.5. The number of ketones is 1. The number of benzene rings is 1. The Morgan fingerprint density at radius 3 is 3.06 bits per heavy atom. The SMILES string of the molecule is CC(C)NCCCC(=O)c1cccc2c1OCC2. The van der Waals surface area contributed by atoms with Gasteiger partial charge in [0.05, 0.1) is 12.2 Å². The topological polar surface area (TPSA) is 38.3 Å². The van der Waals surface area contributed by atoms with E-state index in [1.165, 1.54) is 5.56 Å². The lowest BCUT2D eigenvalue weighted by atomic mass is 10.0. The molecular formula is C15H21NO2. The molecule has 1 aliphatic heterocycles. The number of nitrogens with one attached hydrogen (secondary N) is 1. The van der Waals surface area contributed by atoms with Gasteiger partial charge in [0, 0.05) is 18.9 Å². The van der Waals surface area contributed by atoms with Crippen LogP contribution >= 0.6 is 0 Å². The van der Waals surface area contributed by atoms with Crippen LogP contribution in [-0.4, -0.2) is 25.0 Å². The third-order valence-electron chi connectivity index (χ3n) is 3.15. The number of Topliss-reactive ketones (excluding diaryl/α,β-unsaturated/α-hetero) is 1. The molecule has 3 heteroatoms. The number of hydrogen-bond acceptors (Lipinski definition) is 3. The van der Waals surface area contributed by atoms with Gasteiger partial charge < -0.3 is 10.1 Å². The molecule has 0 saturated carbocycles. The average molecular weight is 247 g/mol. The van der Waals surface area contributed by atoms with E-state index < -0.39 is 0 Å². The molecule has 1 aromatic rings. The molecule has 1 N–H and O–H groups in total. The number of rotatable bonds is 6. The first-order chi connectivity index (χ1) is 8.68. The Hall–Kier alpha value is -1.35. The van der Waals surface area contributed by atoms with Crippen LogP contribution in [0.5, 0.6) is 5.75 Å². The summed E-state index contributed by atoms with van der Waals surface area (Å²) in [7, 11) is 0.